The van der Waals surface area contributed by atoms with Crippen LogP contribution in [0.3, 0.4) is 0 Å². The molecule has 1 unspecified atom stereocenters. The molecule has 2 aromatic heterocycles. The topological polar surface area (TPSA) is 88.7 Å². The zero-order valence-electron chi connectivity index (χ0n) is 16.5. The monoisotopic (exact) mass is 380 g/mol. The van der Waals surface area contributed by atoms with Crippen molar-refractivity contribution in [1.29, 1.82) is 0 Å². The number of nitrogens with one attached hydrogen (secondary N) is 1. The van der Waals surface area contributed by atoms with Crippen molar-refractivity contribution < 1.29 is 9.26 Å². The molecule has 0 saturated carbocycles. The third kappa shape index (κ3) is 5.25. The quantitative estimate of drug-likeness (QED) is 0.609. The number of hydrogen-bond acceptors (Lipinski definition) is 7. The number of ether oxygens (including phenoxy) is 1. The van der Waals surface area contributed by atoms with E-state index >= 15 is 0 Å². The Morgan fingerprint density at radius 1 is 1.42 bits per heavy atom. The van der Waals surface area contributed by atoms with Gasteiger partial charge in [-0.1, -0.05) is 25.9 Å². The summed E-state index contributed by atoms with van der Waals surface area (Å²) in [6, 6.07) is 0. The van der Waals surface area contributed by atoms with E-state index in [1.165, 1.54) is 0 Å². The average Bonchev–Trinajstić information content (AvgIpc) is 3.23. The largest absolute Gasteiger partial charge is 0.375 e. The average molecular weight is 381 g/mol. The molecule has 144 valence electrons. The number of hydrogen-bond donors (Lipinski definition) is 1. The van der Waals surface area contributed by atoms with Crippen molar-refractivity contribution in [3.63, 3.8) is 0 Å². The molecule has 0 amide bonds. The lowest BCUT2D eigenvalue weighted by atomic mass is 9.97. The van der Waals surface area contributed by atoms with Crippen LogP contribution in [0.5, 0.6) is 0 Å². The van der Waals surface area contributed by atoms with Crippen molar-refractivity contribution in [3.05, 3.63) is 27.8 Å². The highest BCUT2D eigenvalue weighted by Gasteiger charge is 2.22. The number of thiazole rings is 1. The van der Waals surface area contributed by atoms with E-state index in [9.17, 15) is 0 Å². The van der Waals surface area contributed by atoms with Gasteiger partial charge < -0.3 is 19.5 Å². The number of aliphatic imine (C=N–C) groups is 1. The maximum Gasteiger partial charge on any atom is 0.232 e. The fourth-order valence-electron chi connectivity index (χ4n) is 2.17. The second-order valence-corrected chi connectivity index (χ2v) is 7.97. The molecule has 9 heteroatoms. The van der Waals surface area contributed by atoms with Gasteiger partial charge in [-0.2, -0.15) is 4.98 Å². The fraction of sp³-hybridized carbons (Fsp3) is 0.647. The van der Waals surface area contributed by atoms with Crippen LogP contribution in [0, 0.1) is 0 Å². The number of guanidine groups is 1. The zero-order valence-corrected chi connectivity index (χ0v) is 17.3. The normalized spacial score (nSPS) is 13.7. The molecular weight excluding hydrogens is 352 g/mol. The summed E-state index contributed by atoms with van der Waals surface area (Å²) < 4.78 is 10.6. The molecule has 8 nitrogen and oxygen atoms in total. The Balaban J connectivity index is 1.93. The molecule has 0 radical (unpaired) electrons. The molecule has 2 rings (SSSR count). The van der Waals surface area contributed by atoms with Gasteiger partial charge in [-0.25, -0.2) is 4.98 Å². The molecule has 2 heterocycles. The predicted molar refractivity (Wildman–Crippen MR) is 102 cm³/mol. The summed E-state index contributed by atoms with van der Waals surface area (Å²) >= 11 is 1.60. The van der Waals surface area contributed by atoms with E-state index in [2.05, 4.69) is 25.4 Å². The Labute approximate surface area is 158 Å². The molecule has 26 heavy (non-hydrogen) atoms. The number of methoxy groups -OCH3 is 1. The third-order valence-electron chi connectivity index (χ3n) is 3.76. The highest BCUT2D eigenvalue weighted by atomic mass is 32.1. The Hall–Kier alpha value is -2.00. The molecule has 1 atom stereocenters. The number of nitrogens with zero attached hydrogens (tertiary/aromatic N) is 5. The summed E-state index contributed by atoms with van der Waals surface area (Å²) in [6.07, 6.45) is 0.00625. The van der Waals surface area contributed by atoms with Gasteiger partial charge in [-0.3, -0.25) is 4.99 Å². The van der Waals surface area contributed by atoms with Crippen LogP contribution in [0.1, 0.15) is 56.2 Å². The van der Waals surface area contributed by atoms with Crippen LogP contribution in [0.25, 0.3) is 0 Å². The lowest BCUT2D eigenvalue weighted by Crippen LogP contribution is -2.38. The molecule has 0 fully saturated rings. The van der Waals surface area contributed by atoms with E-state index < -0.39 is 0 Å². The van der Waals surface area contributed by atoms with Crippen molar-refractivity contribution in [3.8, 4) is 0 Å². The minimum atomic E-state index is -0.161. The first kappa shape index (κ1) is 20.3. The Morgan fingerprint density at radius 3 is 2.73 bits per heavy atom. The van der Waals surface area contributed by atoms with Crippen molar-refractivity contribution in [1.82, 2.24) is 25.3 Å². The maximum atomic E-state index is 5.31. The molecule has 0 saturated heterocycles. The summed E-state index contributed by atoms with van der Waals surface area (Å²) in [4.78, 5) is 15.4. The lowest BCUT2D eigenvalue weighted by Gasteiger charge is -2.20. The molecular formula is C17H28N6O2S. The standard InChI is InChI=1S/C17H28N6O2S/c1-11(24-7)14-20-12(10-26-14)9-23(6)16(18-5)19-8-13-21-15(25-22-13)17(2,3)4/h10-11H,8-9H2,1-7H3,(H,18,19). The summed E-state index contributed by atoms with van der Waals surface area (Å²) in [5.74, 6) is 1.97. The molecule has 1 N–H and O–H groups in total. The molecule has 0 aromatic carbocycles. The van der Waals surface area contributed by atoms with Crippen molar-refractivity contribution >= 4 is 17.3 Å². The molecule has 0 spiro atoms. The van der Waals surface area contributed by atoms with E-state index in [0.717, 1.165) is 16.7 Å². The zero-order chi connectivity index (χ0) is 19.3. The predicted octanol–water partition coefficient (Wildman–Crippen LogP) is 2.74. The highest BCUT2D eigenvalue weighted by molar-refractivity contribution is 7.09. The summed E-state index contributed by atoms with van der Waals surface area (Å²) in [7, 11) is 5.40. The van der Waals surface area contributed by atoms with Crippen LogP contribution in [0.15, 0.2) is 14.9 Å². The highest BCUT2D eigenvalue weighted by Crippen LogP contribution is 2.21. The van der Waals surface area contributed by atoms with Crippen LogP contribution in [0.4, 0.5) is 0 Å². The van der Waals surface area contributed by atoms with E-state index in [-0.39, 0.29) is 11.5 Å². The van der Waals surface area contributed by atoms with Gasteiger partial charge in [-0.05, 0) is 6.92 Å². The molecule has 0 bridgehead atoms. The second kappa shape index (κ2) is 8.59. The van der Waals surface area contributed by atoms with Gasteiger partial charge in [-0.15, -0.1) is 11.3 Å². The first-order chi connectivity index (χ1) is 12.2. The molecule has 2 aromatic rings. The van der Waals surface area contributed by atoms with Gasteiger partial charge in [0.15, 0.2) is 11.8 Å². The SMILES string of the molecule is CN=C(NCc1noc(C(C)(C)C)n1)N(C)Cc1csc(C(C)OC)n1. The van der Waals surface area contributed by atoms with Crippen LogP contribution in [-0.2, 0) is 23.2 Å². The molecule has 0 aliphatic heterocycles. The lowest BCUT2D eigenvalue weighted by molar-refractivity contribution is 0.119. The van der Waals surface area contributed by atoms with Crippen molar-refractivity contribution in [2.24, 2.45) is 4.99 Å². The van der Waals surface area contributed by atoms with E-state index in [4.69, 9.17) is 9.26 Å². The van der Waals surface area contributed by atoms with E-state index in [1.54, 1.807) is 25.5 Å². The summed E-state index contributed by atoms with van der Waals surface area (Å²) in [5.41, 5.74) is 0.819. The van der Waals surface area contributed by atoms with Gasteiger partial charge in [0, 0.05) is 32.0 Å². The summed E-state index contributed by atoms with van der Waals surface area (Å²) in [6.45, 7) is 9.19. The van der Waals surface area contributed by atoms with E-state index in [1.807, 2.05) is 45.0 Å². The van der Waals surface area contributed by atoms with Crippen molar-refractivity contribution in [2.45, 2.75) is 52.3 Å². The minimum Gasteiger partial charge on any atom is -0.375 e. The Bertz CT molecular complexity index is 734. The van der Waals surface area contributed by atoms with Crippen molar-refractivity contribution in [2.75, 3.05) is 21.2 Å². The van der Waals surface area contributed by atoms with Crippen LogP contribution < -0.4 is 5.32 Å². The maximum absolute atomic E-state index is 5.31. The van der Waals surface area contributed by atoms with Gasteiger partial charge >= 0.3 is 0 Å². The fourth-order valence-corrected chi connectivity index (χ4v) is 3.02. The Kier molecular flexibility index (Phi) is 6.71. The van der Waals surface area contributed by atoms with E-state index in [0.29, 0.717) is 24.8 Å². The number of rotatable bonds is 6. The minimum absolute atomic E-state index is 0.00625. The first-order valence-corrected chi connectivity index (χ1v) is 9.34. The molecule has 0 aliphatic rings. The van der Waals surface area contributed by atoms with Gasteiger partial charge in [0.1, 0.15) is 11.1 Å². The van der Waals surface area contributed by atoms with Gasteiger partial charge in [0.05, 0.1) is 18.8 Å². The third-order valence-corrected chi connectivity index (χ3v) is 4.81. The van der Waals surface area contributed by atoms with Crippen LogP contribution in [0.2, 0.25) is 0 Å². The number of aromatic nitrogens is 3. The first-order valence-electron chi connectivity index (χ1n) is 8.46. The van der Waals surface area contributed by atoms with Gasteiger partial charge in [0.2, 0.25) is 5.89 Å². The Morgan fingerprint density at radius 2 is 2.15 bits per heavy atom. The van der Waals surface area contributed by atoms with Gasteiger partial charge in [0.25, 0.3) is 0 Å². The second-order valence-electron chi connectivity index (χ2n) is 7.08. The van der Waals surface area contributed by atoms with Crippen LogP contribution >= 0.6 is 11.3 Å². The molecule has 0 aliphatic carbocycles. The summed E-state index contributed by atoms with van der Waals surface area (Å²) in [5, 5.41) is 10.3. The smallest absolute Gasteiger partial charge is 0.232 e. The van der Waals surface area contributed by atoms with Crippen LogP contribution in [-0.4, -0.2) is 47.2 Å².